The third-order valence-corrected chi connectivity index (χ3v) is 6.19. The maximum atomic E-state index is 14.8. The molecule has 4 nitrogen and oxygen atoms in total. The Morgan fingerprint density at radius 2 is 2.00 bits per heavy atom. The Morgan fingerprint density at radius 3 is 2.67 bits per heavy atom. The number of amides is 1. The summed E-state index contributed by atoms with van der Waals surface area (Å²) in [7, 11) is 1.80. The molecule has 1 amide bonds. The van der Waals surface area contributed by atoms with Gasteiger partial charge >= 0.3 is 0 Å². The zero-order valence-corrected chi connectivity index (χ0v) is 16.5. The van der Waals surface area contributed by atoms with Crippen LogP contribution in [0.5, 0.6) is 0 Å². The van der Waals surface area contributed by atoms with Crippen LogP contribution in [0.4, 0.5) is 10.1 Å². The molecular weight excluding hydrogens is 343 g/mol. The lowest BCUT2D eigenvalue weighted by Gasteiger charge is -2.43. The van der Waals surface area contributed by atoms with E-state index in [2.05, 4.69) is 4.90 Å². The Balaban J connectivity index is 2.08. The van der Waals surface area contributed by atoms with Crippen molar-refractivity contribution in [2.24, 2.45) is 5.92 Å². The van der Waals surface area contributed by atoms with Crippen molar-refractivity contribution in [2.75, 3.05) is 31.6 Å². The minimum absolute atomic E-state index is 0.0361. The van der Waals surface area contributed by atoms with Crippen molar-refractivity contribution in [2.45, 2.75) is 40.0 Å². The molecule has 144 valence electrons. The number of carbonyl (C=O) groups excluding carboxylic acids is 1. The fourth-order valence-corrected chi connectivity index (χ4v) is 4.97. The van der Waals surface area contributed by atoms with Crippen molar-refractivity contribution in [3.05, 3.63) is 45.4 Å². The van der Waals surface area contributed by atoms with Gasteiger partial charge in [0.15, 0.2) is 0 Å². The van der Waals surface area contributed by atoms with Crippen molar-refractivity contribution in [3.8, 4) is 0 Å². The van der Waals surface area contributed by atoms with E-state index in [-0.39, 0.29) is 24.2 Å². The lowest BCUT2D eigenvalue weighted by molar-refractivity contribution is -0.126. The third kappa shape index (κ3) is 2.63. The van der Waals surface area contributed by atoms with Gasteiger partial charge in [-0.15, -0.1) is 0 Å². The molecule has 4 rings (SSSR count). The molecule has 1 aliphatic carbocycles. The Hall–Kier alpha value is -2.14. The molecule has 0 saturated heterocycles. The summed E-state index contributed by atoms with van der Waals surface area (Å²) in [6.07, 6.45) is 2.88. The number of allylic oxidation sites excluding steroid dienone is 2. The Labute approximate surface area is 160 Å². The normalized spacial score (nSPS) is 22.3. The monoisotopic (exact) mass is 370 g/mol. The molecule has 27 heavy (non-hydrogen) atoms. The van der Waals surface area contributed by atoms with E-state index in [9.17, 15) is 14.3 Å². The number of hydrogen-bond donors (Lipinski definition) is 1. The maximum absolute atomic E-state index is 14.8. The number of likely N-dealkylation sites (N-methyl/N-ethyl adjacent to an activating group) is 1. The summed E-state index contributed by atoms with van der Waals surface area (Å²) in [6.45, 7) is 6.81. The first-order valence-corrected chi connectivity index (χ1v) is 9.75. The SMILES string of the molecule is Cc1c(F)cc2c3c1CCCC3=C1CN(C)C(=O)/C(CO)=C(/C(C)C)N2C1. The van der Waals surface area contributed by atoms with Crippen molar-refractivity contribution in [3.63, 3.8) is 0 Å². The minimum Gasteiger partial charge on any atom is -0.391 e. The average molecular weight is 370 g/mol. The van der Waals surface area contributed by atoms with Crippen LogP contribution in [-0.4, -0.2) is 42.7 Å². The fraction of sp³-hybridized carbons (Fsp3) is 0.500. The van der Waals surface area contributed by atoms with E-state index in [0.29, 0.717) is 18.7 Å². The van der Waals surface area contributed by atoms with Crippen LogP contribution in [0.2, 0.25) is 0 Å². The summed E-state index contributed by atoms with van der Waals surface area (Å²) in [6, 6.07) is 1.63. The zero-order chi connectivity index (χ0) is 19.5. The summed E-state index contributed by atoms with van der Waals surface area (Å²) in [5.41, 5.74) is 7.63. The van der Waals surface area contributed by atoms with E-state index in [1.165, 1.54) is 16.7 Å². The first kappa shape index (κ1) is 18.2. The van der Waals surface area contributed by atoms with Gasteiger partial charge in [-0.05, 0) is 60.4 Å². The van der Waals surface area contributed by atoms with Gasteiger partial charge in [0.05, 0.1) is 17.9 Å². The first-order chi connectivity index (χ1) is 12.8. The number of anilines is 1. The zero-order valence-electron chi connectivity index (χ0n) is 16.5. The number of carbonyl (C=O) groups is 1. The van der Waals surface area contributed by atoms with Crippen LogP contribution in [0.1, 0.15) is 43.4 Å². The predicted molar refractivity (Wildman–Crippen MR) is 105 cm³/mol. The number of rotatable bonds is 2. The Bertz CT molecular complexity index is 898. The molecule has 1 aromatic rings. The molecule has 0 aromatic heterocycles. The third-order valence-electron chi connectivity index (χ3n) is 6.19. The van der Waals surface area contributed by atoms with Gasteiger partial charge in [0.25, 0.3) is 5.91 Å². The molecule has 2 aliphatic heterocycles. The van der Waals surface area contributed by atoms with Gasteiger partial charge in [-0.1, -0.05) is 13.8 Å². The van der Waals surface area contributed by atoms with Crippen LogP contribution in [0, 0.1) is 18.7 Å². The maximum Gasteiger partial charge on any atom is 0.253 e. The highest BCUT2D eigenvalue weighted by atomic mass is 19.1. The van der Waals surface area contributed by atoms with Crippen molar-refractivity contribution >= 4 is 17.2 Å². The lowest BCUT2D eigenvalue weighted by atomic mass is 9.78. The van der Waals surface area contributed by atoms with Gasteiger partial charge in [-0.2, -0.15) is 0 Å². The smallest absolute Gasteiger partial charge is 0.253 e. The van der Waals surface area contributed by atoms with Crippen LogP contribution in [0.15, 0.2) is 22.9 Å². The van der Waals surface area contributed by atoms with E-state index in [1.807, 2.05) is 20.8 Å². The highest BCUT2D eigenvalue weighted by Gasteiger charge is 2.37. The van der Waals surface area contributed by atoms with E-state index < -0.39 is 0 Å². The van der Waals surface area contributed by atoms with Gasteiger partial charge in [0.2, 0.25) is 0 Å². The number of aliphatic hydroxyl groups is 1. The summed E-state index contributed by atoms with van der Waals surface area (Å²) < 4.78 is 14.8. The van der Waals surface area contributed by atoms with Gasteiger partial charge in [0, 0.05) is 31.4 Å². The van der Waals surface area contributed by atoms with Crippen molar-refractivity contribution in [1.29, 1.82) is 0 Å². The summed E-state index contributed by atoms with van der Waals surface area (Å²) >= 11 is 0. The highest BCUT2D eigenvalue weighted by Crippen LogP contribution is 2.47. The lowest BCUT2D eigenvalue weighted by Crippen LogP contribution is -2.43. The van der Waals surface area contributed by atoms with Gasteiger partial charge in [-0.25, -0.2) is 4.39 Å². The van der Waals surface area contributed by atoms with E-state index >= 15 is 0 Å². The average Bonchev–Trinajstić information content (AvgIpc) is 2.64. The minimum atomic E-state index is -0.310. The standard InChI is InChI=1S/C22H27FN2O2/c1-12(2)21-17(11-26)22(27)24(4)9-14-10-25(21)19-8-18(23)13(3)15-6-5-7-16(14)20(15)19/h8,12,26H,5-7,9-11H2,1-4H3/b21-17-. The van der Waals surface area contributed by atoms with E-state index in [1.54, 1.807) is 18.0 Å². The van der Waals surface area contributed by atoms with Crippen LogP contribution in [0.3, 0.4) is 0 Å². The molecule has 0 unspecified atom stereocenters. The molecule has 3 aliphatic rings. The van der Waals surface area contributed by atoms with Gasteiger partial charge in [-0.3, -0.25) is 4.79 Å². The molecule has 2 heterocycles. The summed E-state index contributed by atoms with van der Waals surface area (Å²) in [5.74, 6) is -0.294. The molecule has 1 N–H and O–H groups in total. The Kier molecular flexibility index (Phi) is 4.38. The molecular formula is C22H27FN2O2. The summed E-state index contributed by atoms with van der Waals surface area (Å²) in [5, 5.41) is 10.0. The van der Waals surface area contributed by atoms with Crippen molar-refractivity contribution in [1.82, 2.24) is 4.90 Å². The number of benzene rings is 1. The van der Waals surface area contributed by atoms with Crippen LogP contribution < -0.4 is 4.90 Å². The number of fused-ring (bicyclic) bond motifs is 3. The summed E-state index contributed by atoms with van der Waals surface area (Å²) in [4.78, 5) is 16.8. The van der Waals surface area contributed by atoms with E-state index in [4.69, 9.17) is 0 Å². The number of nitrogens with zero attached hydrogens (tertiary/aromatic N) is 2. The molecule has 2 bridgehead atoms. The van der Waals surface area contributed by atoms with Gasteiger partial charge < -0.3 is 14.9 Å². The predicted octanol–water partition coefficient (Wildman–Crippen LogP) is 3.42. The molecule has 0 atom stereocenters. The highest BCUT2D eigenvalue weighted by molar-refractivity contribution is 5.97. The molecule has 1 aromatic carbocycles. The number of aliphatic hydroxyl groups excluding tert-OH is 1. The topological polar surface area (TPSA) is 43.8 Å². The number of hydrogen-bond acceptors (Lipinski definition) is 3. The van der Waals surface area contributed by atoms with E-state index in [0.717, 1.165) is 41.8 Å². The number of halogens is 1. The van der Waals surface area contributed by atoms with Gasteiger partial charge in [0.1, 0.15) is 5.82 Å². The largest absolute Gasteiger partial charge is 0.391 e. The van der Waals surface area contributed by atoms with Crippen LogP contribution in [-0.2, 0) is 11.2 Å². The van der Waals surface area contributed by atoms with Crippen LogP contribution >= 0.6 is 0 Å². The molecule has 0 fully saturated rings. The second kappa shape index (κ2) is 6.48. The molecule has 0 radical (unpaired) electrons. The van der Waals surface area contributed by atoms with Crippen molar-refractivity contribution < 1.29 is 14.3 Å². The molecule has 0 saturated carbocycles. The first-order valence-electron chi connectivity index (χ1n) is 9.75. The molecule has 0 spiro atoms. The van der Waals surface area contributed by atoms with Crippen LogP contribution in [0.25, 0.3) is 5.57 Å². The second-order valence-electron chi connectivity index (χ2n) is 8.22. The molecule has 5 heteroatoms. The fourth-order valence-electron chi connectivity index (χ4n) is 4.97. The quantitative estimate of drug-likeness (QED) is 0.868. The Morgan fingerprint density at radius 1 is 1.26 bits per heavy atom. The second-order valence-corrected chi connectivity index (χ2v) is 8.22.